The summed E-state index contributed by atoms with van der Waals surface area (Å²) in [5, 5.41) is 18.7. The quantitative estimate of drug-likeness (QED) is 0.361. The third-order valence-electron chi connectivity index (χ3n) is 3.89. The van der Waals surface area contributed by atoms with Gasteiger partial charge < -0.3 is 14.9 Å². The molecule has 0 saturated heterocycles. The molecule has 0 aliphatic carbocycles. The first-order valence-electron chi connectivity index (χ1n) is 8.32. The summed E-state index contributed by atoms with van der Waals surface area (Å²) in [6, 6.07) is 3.05. The highest BCUT2D eigenvalue weighted by molar-refractivity contribution is 6.03. The van der Waals surface area contributed by atoms with E-state index in [2.05, 4.69) is 6.58 Å². The van der Waals surface area contributed by atoms with Crippen LogP contribution >= 0.6 is 0 Å². The second kappa shape index (κ2) is 10.3. The van der Waals surface area contributed by atoms with Crippen molar-refractivity contribution in [3.63, 3.8) is 0 Å². The fourth-order valence-corrected chi connectivity index (χ4v) is 2.64. The van der Waals surface area contributed by atoms with Crippen LogP contribution in [0.5, 0.6) is 0 Å². The largest absolute Gasteiger partial charge is 0.478 e. The summed E-state index contributed by atoms with van der Waals surface area (Å²) in [5.41, 5.74) is 1.14. The molecule has 25 heavy (non-hydrogen) atoms. The Kier molecular flexibility index (Phi) is 8.39. The minimum atomic E-state index is -1.24. The van der Waals surface area contributed by atoms with Gasteiger partial charge in [0.15, 0.2) is 0 Å². The number of hydrogen-bond acceptors (Lipinski definition) is 4. The van der Waals surface area contributed by atoms with Crippen molar-refractivity contribution in [1.82, 2.24) is 0 Å². The number of carboxylic acids is 2. The van der Waals surface area contributed by atoms with E-state index in [9.17, 15) is 24.6 Å². The van der Waals surface area contributed by atoms with E-state index in [1.54, 1.807) is 6.07 Å². The summed E-state index contributed by atoms with van der Waals surface area (Å²) in [6.07, 6.45) is 5.24. The van der Waals surface area contributed by atoms with E-state index in [0.29, 0.717) is 31.2 Å². The van der Waals surface area contributed by atoms with Crippen molar-refractivity contribution in [1.29, 1.82) is 0 Å². The smallest absolute Gasteiger partial charge is 0.336 e. The van der Waals surface area contributed by atoms with E-state index in [-0.39, 0.29) is 17.7 Å². The number of aromatic carboxylic acids is 2. The third-order valence-corrected chi connectivity index (χ3v) is 3.89. The Bertz CT molecular complexity index is 648. The zero-order valence-corrected chi connectivity index (χ0v) is 14.4. The number of rotatable bonds is 11. The van der Waals surface area contributed by atoms with Gasteiger partial charge in [-0.1, -0.05) is 26.0 Å². The standard InChI is InChI=1S/C19H24O6/c1-3-5-9-14-13(8-6-7-12-25-16(20)4-2)10-11-15(18(21)22)17(14)19(23)24/h4,10-11H,2-3,5-9,12H2,1H3,(H,21,22)(H,23,24). The molecule has 6 nitrogen and oxygen atoms in total. The van der Waals surface area contributed by atoms with Crippen molar-refractivity contribution in [2.45, 2.75) is 45.4 Å². The SMILES string of the molecule is C=CC(=O)OCCCCc1ccc(C(=O)O)c(C(=O)O)c1CCCC. The molecule has 0 aliphatic rings. The zero-order valence-electron chi connectivity index (χ0n) is 14.4. The predicted molar refractivity (Wildman–Crippen MR) is 93.1 cm³/mol. The predicted octanol–water partition coefficient (Wildman–Crippen LogP) is 3.48. The monoisotopic (exact) mass is 348 g/mol. The van der Waals surface area contributed by atoms with Crippen molar-refractivity contribution < 1.29 is 29.3 Å². The van der Waals surface area contributed by atoms with Gasteiger partial charge in [-0.2, -0.15) is 0 Å². The normalized spacial score (nSPS) is 10.3. The van der Waals surface area contributed by atoms with Crippen LogP contribution in [0, 0.1) is 0 Å². The Morgan fingerprint density at radius 1 is 1.08 bits per heavy atom. The van der Waals surface area contributed by atoms with Crippen LogP contribution in [0.15, 0.2) is 24.8 Å². The Balaban J connectivity index is 2.95. The fraction of sp³-hybridized carbons (Fsp3) is 0.421. The summed E-state index contributed by atoms with van der Waals surface area (Å²) >= 11 is 0. The molecular formula is C19H24O6. The summed E-state index contributed by atoms with van der Waals surface area (Å²) in [4.78, 5) is 33.9. The molecule has 1 rings (SSSR count). The minimum Gasteiger partial charge on any atom is -0.478 e. The number of carboxylic acid groups (broad SMARTS) is 2. The van der Waals surface area contributed by atoms with Crippen LogP contribution in [0.3, 0.4) is 0 Å². The van der Waals surface area contributed by atoms with Crippen molar-refractivity contribution in [3.05, 3.63) is 47.0 Å². The molecule has 0 amide bonds. The number of esters is 1. The number of hydrogen-bond donors (Lipinski definition) is 2. The second-order valence-electron chi connectivity index (χ2n) is 5.67. The Morgan fingerprint density at radius 3 is 2.36 bits per heavy atom. The maximum absolute atomic E-state index is 11.6. The van der Waals surface area contributed by atoms with E-state index in [1.165, 1.54) is 6.07 Å². The number of unbranched alkanes of at least 4 members (excludes halogenated alkanes) is 2. The lowest BCUT2D eigenvalue weighted by Crippen LogP contribution is -2.14. The minimum absolute atomic E-state index is 0.114. The van der Waals surface area contributed by atoms with Crippen molar-refractivity contribution in [3.8, 4) is 0 Å². The van der Waals surface area contributed by atoms with Crippen LogP contribution < -0.4 is 0 Å². The molecule has 0 bridgehead atoms. The first kappa shape index (κ1) is 20.4. The second-order valence-corrected chi connectivity index (χ2v) is 5.67. The molecule has 136 valence electrons. The molecule has 1 aromatic carbocycles. The van der Waals surface area contributed by atoms with Gasteiger partial charge in [0.05, 0.1) is 17.7 Å². The van der Waals surface area contributed by atoms with Gasteiger partial charge in [-0.25, -0.2) is 14.4 Å². The molecule has 0 spiro atoms. The fourth-order valence-electron chi connectivity index (χ4n) is 2.64. The lowest BCUT2D eigenvalue weighted by Gasteiger charge is -2.15. The molecule has 0 fully saturated rings. The molecule has 2 N–H and O–H groups in total. The zero-order chi connectivity index (χ0) is 18.8. The Hall–Kier alpha value is -2.63. The number of ether oxygens (including phenoxy) is 1. The highest BCUT2D eigenvalue weighted by Gasteiger charge is 2.22. The molecule has 0 heterocycles. The van der Waals surface area contributed by atoms with Gasteiger partial charge in [0.25, 0.3) is 0 Å². The number of carbonyl (C=O) groups excluding carboxylic acids is 1. The van der Waals surface area contributed by atoms with Crippen LogP contribution in [0.4, 0.5) is 0 Å². The maximum Gasteiger partial charge on any atom is 0.336 e. The molecule has 1 aromatic rings. The average Bonchev–Trinajstić information content (AvgIpc) is 2.58. The van der Waals surface area contributed by atoms with E-state index in [4.69, 9.17) is 4.74 Å². The van der Waals surface area contributed by atoms with Crippen molar-refractivity contribution in [2.75, 3.05) is 6.61 Å². The summed E-state index contributed by atoms with van der Waals surface area (Å²) in [7, 11) is 0. The molecule has 0 aliphatic heterocycles. The number of benzene rings is 1. The highest BCUT2D eigenvalue weighted by atomic mass is 16.5. The van der Waals surface area contributed by atoms with Crippen LogP contribution in [-0.4, -0.2) is 34.7 Å². The first-order chi connectivity index (χ1) is 11.9. The van der Waals surface area contributed by atoms with Gasteiger partial charge in [0, 0.05) is 6.08 Å². The van der Waals surface area contributed by atoms with Crippen molar-refractivity contribution >= 4 is 17.9 Å². The van der Waals surface area contributed by atoms with Crippen LogP contribution in [0.1, 0.15) is 64.4 Å². The highest BCUT2D eigenvalue weighted by Crippen LogP contribution is 2.24. The van der Waals surface area contributed by atoms with Crippen LogP contribution in [-0.2, 0) is 22.4 Å². The molecule has 0 radical (unpaired) electrons. The van der Waals surface area contributed by atoms with Gasteiger partial charge in [-0.15, -0.1) is 0 Å². The number of aryl methyl sites for hydroxylation is 1. The van der Waals surface area contributed by atoms with Crippen molar-refractivity contribution in [2.24, 2.45) is 0 Å². The molecule has 0 atom stereocenters. The lowest BCUT2D eigenvalue weighted by atomic mass is 9.90. The summed E-state index contributed by atoms with van der Waals surface area (Å²) in [6.45, 7) is 5.58. The average molecular weight is 348 g/mol. The van der Waals surface area contributed by atoms with Gasteiger partial charge in [0.1, 0.15) is 0 Å². The van der Waals surface area contributed by atoms with Gasteiger partial charge in [-0.05, 0) is 49.3 Å². The molecule has 0 aromatic heterocycles. The van der Waals surface area contributed by atoms with Gasteiger partial charge >= 0.3 is 17.9 Å². The Morgan fingerprint density at radius 2 is 1.80 bits per heavy atom. The topological polar surface area (TPSA) is 101 Å². The Labute approximate surface area is 147 Å². The summed E-state index contributed by atoms with van der Waals surface area (Å²) < 4.78 is 4.91. The number of carbonyl (C=O) groups is 3. The maximum atomic E-state index is 11.6. The lowest BCUT2D eigenvalue weighted by molar-refractivity contribution is -0.137. The molecule has 6 heteroatoms. The van der Waals surface area contributed by atoms with E-state index in [1.807, 2.05) is 6.92 Å². The van der Waals surface area contributed by atoms with E-state index in [0.717, 1.165) is 24.5 Å². The third kappa shape index (κ3) is 6.06. The van der Waals surface area contributed by atoms with Gasteiger partial charge in [0.2, 0.25) is 0 Å². The molecule has 0 unspecified atom stereocenters. The van der Waals surface area contributed by atoms with Gasteiger partial charge in [-0.3, -0.25) is 0 Å². The van der Waals surface area contributed by atoms with E-state index >= 15 is 0 Å². The first-order valence-corrected chi connectivity index (χ1v) is 8.32. The molecular weight excluding hydrogens is 324 g/mol. The van der Waals surface area contributed by atoms with E-state index < -0.39 is 17.9 Å². The summed E-state index contributed by atoms with van der Waals surface area (Å²) in [5.74, 6) is -2.93. The molecule has 0 saturated carbocycles. The van der Waals surface area contributed by atoms with Crippen LogP contribution in [0.25, 0.3) is 0 Å². The van der Waals surface area contributed by atoms with Crippen LogP contribution in [0.2, 0.25) is 0 Å².